The van der Waals surface area contributed by atoms with Gasteiger partial charge in [-0.1, -0.05) is 174 Å². The Balaban J connectivity index is 3.59. The first kappa shape index (κ1) is 44.4. The zero-order valence-corrected chi connectivity index (χ0v) is 30.7. The van der Waals surface area contributed by atoms with E-state index in [1.165, 1.54) is 135 Å². The molecule has 0 spiro atoms. The predicted molar refractivity (Wildman–Crippen MR) is 194 cm³/mol. The highest BCUT2D eigenvalue weighted by Gasteiger charge is 2.14. The second-order valence-corrected chi connectivity index (χ2v) is 13.9. The standard InChI is InChI=1S/C40H77NO5/c1-3-5-7-8-9-10-11-12-13-14-15-16-17-18-19-20-21-22-23-24-25-26-31-35-40(45)46-37(32-28-6-4-2)33-29-27-30-34-38(42)41-36-39(43)44/h37H,3-36H2,1-2H3,(H,41,42)(H,43,44). The van der Waals surface area contributed by atoms with E-state index < -0.39 is 5.97 Å². The van der Waals surface area contributed by atoms with Crippen molar-refractivity contribution in [3.63, 3.8) is 0 Å². The molecule has 0 rings (SSSR count). The van der Waals surface area contributed by atoms with Gasteiger partial charge in [0.05, 0.1) is 0 Å². The molecule has 0 radical (unpaired) electrons. The number of rotatable bonds is 37. The van der Waals surface area contributed by atoms with Crippen molar-refractivity contribution in [2.45, 2.75) is 232 Å². The first-order valence-corrected chi connectivity index (χ1v) is 20.2. The summed E-state index contributed by atoms with van der Waals surface area (Å²) in [5.41, 5.74) is 0. The summed E-state index contributed by atoms with van der Waals surface area (Å²) in [6.45, 7) is 4.14. The van der Waals surface area contributed by atoms with Crippen molar-refractivity contribution in [1.82, 2.24) is 5.32 Å². The summed E-state index contributed by atoms with van der Waals surface area (Å²) >= 11 is 0. The Kier molecular flexibility index (Phi) is 35.0. The maximum absolute atomic E-state index is 12.5. The number of aliphatic carboxylic acids is 1. The Morgan fingerprint density at radius 1 is 0.478 bits per heavy atom. The molecule has 0 heterocycles. The number of unbranched alkanes of at least 4 members (excludes halogenated alkanes) is 26. The summed E-state index contributed by atoms with van der Waals surface area (Å²) in [7, 11) is 0. The van der Waals surface area contributed by atoms with Gasteiger partial charge in [0, 0.05) is 12.8 Å². The lowest BCUT2D eigenvalue weighted by Gasteiger charge is -2.18. The molecular weight excluding hydrogens is 574 g/mol. The predicted octanol–water partition coefficient (Wildman–Crippen LogP) is 12.0. The van der Waals surface area contributed by atoms with E-state index >= 15 is 0 Å². The van der Waals surface area contributed by atoms with Crippen LogP contribution in [0, 0.1) is 0 Å². The third kappa shape index (κ3) is 35.3. The SMILES string of the molecule is CCCCCCCCCCCCCCCCCCCCCCCCCC(=O)OC(CCCCC)CCCCCC(=O)NCC(=O)O. The van der Waals surface area contributed by atoms with Crippen LogP contribution in [0.1, 0.15) is 226 Å². The Bertz CT molecular complexity index is 683. The van der Waals surface area contributed by atoms with Gasteiger partial charge < -0.3 is 15.2 Å². The smallest absolute Gasteiger partial charge is 0.322 e. The lowest BCUT2D eigenvalue weighted by molar-refractivity contribution is -0.150. The first-order chi connectivity index (χ1) is 22.5. The van der Waals surface area contributed by atoms with Crippen molar-refractivity contribution in [2.24, 2.45) is 0 Å². The lowest BCUT2D eigenvalue weighted by atomic mass is 10.0. The van der Waals surface area contributed by atoms with Crippen LogP contribution >= 0.6 is 0 Å². The zero-order chi connectivity index (χ0) is 33.8. The van der Waals surface area contributed by atoms with Crippen LogP contribution in [-0.4, -0.2) is 35.6 Å². The Morgan fingerprint density at radius 3 is 1.22 bits per heavy atom. The second-order valence-electron chi connectivity index (χ2n) is 13.9. The summed E-state index contributed by atoms with van der Waals surface area (Å²) in [4.78, 5) is 34.7. The Labute approximate surface area is 285 Å². The summed E-state index contributed by atoms with van der Waals surface area (Å²) in [5.74, 6) is -1.30. The number of hydrogen-bond acceptors (Lipinski definition) is 4. The second kappa shape index (κ2) is 36.2. The van der Waals surface area contributed by atoms with E-state index in [0.29, 0.717) is 12.8 Å². The lowest BCUT2D eigenvalue weighted by Crippen LogP contribution is -2.28. The van der Waals surface area contributed by atoms with E-state index in [1.807, 2.05) is 0 Å². The maximum Gasteiger partial charge on any atom is 0.322 e. The van der Waals surface area contributed by atoms with E-state index in [0.717, 1.165) is 64.2 Å². The molecule has 272 valence electrons. The molecule has 1 unspecified atom stereocenters. The summed E-state index contributed by atoms with van der Waals surface area (Å²) in [6, 6.07) is 0. The topological polar surface area (TPSA) is 92.7 Å². The Hall–Kier alpha value is -1.59. The van der Waals surface area contributed by atoms with Gasteiger partial charge in [-0.05, 0) is 38.5 Å². The van der Waals surface area contributed by atoms with Crippen molar-refractivity contribution in [3.05, 3.63) is 0 Å². The Morgan fingerprint density at radius 2 is 0.804 bits per heavy atom. The molecule has 0 saturated heterocycles. The van der Waals surface area contributed by atoms with Gasteiger partial charge >= 0.3 is 11.9 Å². The molecule has 0 aliphatic rings. The number of esters is 1. The highest BCUT2D eigenvalue weighted by atomic mass is 16.5. The fraction of sp³-hybridized carbons (Fsp3) is 0.925. The van der Waals surface area contributed by atoms with Crippen molar-refractivity contribution in [2.75, 3.05) is 6.54 Å². The maximum atomic E-state index is 12.5. The molecule has 0 aliphatic carbocycles. The fourth-order valence-electron chi connectivity index (χ4n) is 6.28. The number of ether oxygens (including phenoxy) is 1. The molecule has 6 heteroatoms. The number of hydrogen-bond donors (Lipinski definition) is 2. The molecule has 6 nitrogen and oxygen atoms in total. The minimum Gasteiger partial charge on any atom is -0.480 e. The highest BCUT2D eigenvalue weighted by Crippen LogP contribution is 2.18. The van der Waals surface area contributed by atoms with Gasteiger partial charge in [0.15, 0.2) is 0 Å². The van der Waals surface area contributed by atoms with Crippen LogP contribution < -0.4 is 5.32 Å². The van der Waals surface area contributed by atoms with E-state index in [4.69, 9.17) is 9.84 Å². The molecule has 46 heavy (non-hydrogen) atoms. The van der Waals surface area contributed by atoms with E-state index in [9.17, 15) is 14.4 Å². The van der Waals surface area contributed by atoms with Crippen LogP contribution in [0.25, 0.3) is 0 Å². The van der Waals surface area contributed by atoms with Crippen LogP contribution in [0.5, 0.6) is 0 Å². The normalized spacial score (nSPS) is 11.9. The summed E-state index contributed by atoms with van der Waals surface area (Å²) in [6.07, 6.45) is 39.9. The molecule has 0 aromatic carbocycles. The van der Waals surface area contributed by atoms with Crippen molar-refractivity contribution in [1.29, 1.82) is 0 Å². The molecule has 0 fully saturated rings. The number of carboxylic acid groups (broad SMARTS) is 1. The van der Waals surface area contributed by atoms with Gasteiger partial charge in [-0.25, -0.2) is 0 Å². The van der Waals surface area contributed by atoms with Crippen molar-refractivity contribution < 1.29 is 24.2 Å². The van der Waals surface area contributed by atoms with Crippen LogP contribution in [0.3, 0.4) is 0 Å². The van der Waals surface area contributed by atoms with Crippen LogP contribution in [0.2, 0.25) is 0 Å². The van der Waals surface area contributed by atoms with E-state index in [1.54, 1.807) is 0 Å². The van der Waals surface area contributed by atoms with E-state index in [2.05, 4.69) is 19.2 Å². The summed E-state index contributed by atoms with van der Waals surface area (Å²) < 4.78 is 5.86. The number of carboxylic acids is 1. The molecule has 0 aliphatic heterocycles. The molecule has 0 aromatic rings. The number of carbonyl (C=O) groups excluding carboxylic acids is 2. The van der Waals surface area contributed by atoms with Crippen LogP contribution in [0.15, 0.2) is 0 Å². The number of nitrogens with one attached hydrogen (secondary N) is 1. The average Bonchev–Trinajstić information content (AvgIpc) is 3.03. The largest absolute Gasteiger partial charge is 0.480 e. The van der Waals surface area contributed by atoms with Gasteiger partial charge in [0.25, 0.3) is 0 Å². The van der Waals surface area contributed by atoms with Crippen molar-refractivity contribution in [3.8, 4) is 0 Å². The zero-order valence-electron chi connectivity index (χ0n) is 30.7. The van der Waals surface area contributed by atoms with Gasteiger partial charge in [-0.3, -0.25) is 14.4 Å². The third-order valence-electron chi connectivity index (χ3n) is 9.28. The number of carbonyl (C=O) groups is 3. The third-order valence-corrected chi connectivity index (χ3v) is 9.28. The first-order valence-electron chi connectivity index (χ1n) is 20.2. The summed E-state index contributed by atoms with van der Waals surface area (Å²) in [5, 5.41) is 11.0. The van der Waals surface area contributed by atoms with Crippen molar-refractivity contribution >= 4 is 17.8 Å². The van der Waals surface area contributed by atoms with Gasteiger partial charge in [0.1, 0.15) is 12.6 Å². The molecule has 0 aromatic heterocycles. The molecule has 0 saturated carbocycles. The van der Waals surface area contributed by atoms with E-state index in [-0.39, 0.29) is 24.5 Å². The van der Waals surface area contributed by atoms with Gasteiger partial charge in [-0.15, -0.1) is 0 Å². The molecule has 1 amide bonds. The fourth-order valence-corrected chi connectivity index (χ4v) is 6.28. The van der Waals surface area contributed by atoms with Crippen LogP contribution in [-0.2, 0) is 19.1 Å². The minimum absolute atomic E-state index is 0.0237. The molecule has 2 N–H and O–H groups in total. The highest BCUT2D eigenvalue weighted by molar-refractivity contribution is 5.80. The van der Waals surface area contributed by atoms with Gasteiger partial charge in [0.2, 0.25) is 5.91 Å². The van der Waals surface area contributed by atoms with Gasteiger partial charge in [-0.2, -0.15) is 0 Å². The number of amides is 1. The molecule has 1 atom stereocenters. The molecule has 0 bridgehead atoms. The minimum atomic E-state index is -1.03. The average molecular weight is 652 g/mol. The molecular formula is C40H77NO5. The monoisotopic (exact) mass is 652 g/mol. The van der Waals surface area contributed by atoms with Crippen LogP contribution in [0.4, 0.5) is 0 Å². The quantitative estimate of drug-likeness (QED) is 0.0515.